The number of hydrogen-bond donors (Lipinski definition) is 3. The maximum atomic E-state index is 12.7. The van der Waals surface area contributed by atoms with Crippen molar-refractivity contribution in [1.29, 1.82) is 0 Å². The SMILES string of the molecule is CC(C)(C)OC(=O)N1[C@H]([C@H](O)[C@@H](O)[C@H](O)CCO[Si](C)(C)C(C)(C)C)COC1(C)C. The molecule has 3 N–H and O–H groups in total. The predicted molar refractivity (Wildman–Crippen MR) is 118 cm³/mol. The first-order chi connectivity index (χ1) is 13.3. The Kier molecular flexibility index (Phi) is 8.58. The molecule has 178 valence electrons. The molecule has 1 aliphatic rings. The summed E-state index contributed by atoms with van der Waals surface area (Å²) in [5.74, 6) is 0. The minimum Gasteiger partial charge on any atom is -0.444 e. The summed E-state index contributed by atoms with van der Waals surface area (Å²) in [6, 6.07) is -0.846. The Labute approximate surface area is 182 Å². The minimum atomic E-state index is -1.97. The van der Waals surface area contributed by atoms with Crippen molar-refractivity contribution in [1.82, 2.24) is 4.90 Å². The lowest BCUT2D eigenvalue weighted by atomic mass is 9.98. The van der Waals surface area contributed by atoms with Gasteiger partial charge >= 0.3 is 6.09 Å². The van der Waals surface area contributed by atoms with Crippen molar-refractivity contribution in [3.8, 4) is 0 Å². The molecule has 1 amide bonds. The maximum Gasteiger partial charge on any atom is 0.412 e. The van der Waals surface area contributed by atoms with Gasteiger partial charge in [-0.2, -0.15) is 0 Å². The number of amides is 1. The average molecular weight is 450 g/mol. The van der Waals surface area contributed by atoms with Crippen LogP contribution in [0.4, 0.5) is 4.79 Å². The standard InChI is InChI=1S/C21H43NO7Si/c1-19(2,3)29-18(26)22-14(13-27-21(22,7)8)16(24)17(25)15(23)11-12-28-30(9,10)20(4,5)6/h14-17,23-25H,11-13H2,1-10H3/t14-,15+,16-,17-/m0/s1. The van der Waals surface area contributed by atoms with Gasteiger partial charge in [0.15, 0.2) is 8.32 Å². The van der Waals surface area contributed by atoms with Crippen LogP contribution in [0.15, 0.2) is 0 Å². The van der Waals surface area contributed by atoms with Crippen molar-refractivity contribution in [3.05, 3.63) is 0 Å². The first-order valence-corrected chi connectivity index (χ1v) is 13.6. The van der Waals surface area contributed by atoms with Gasteiger partial charge in [0.1, 0.15) is 23.5 Å². The van der Waals surface area contributed by atoms with Gasteiger partial charge in [-0.05, 0) is 59.2 Å². The molecule has 9 heteroatoms. The number of hydrogen-bond acceptors (Lipinski definition) is 7. The molecule has 8 nitrogen and oxygen atoms in total. The fourth-order valence-electron chi connectivity index (χ4n) is 3.03. The van der Waals surface area contributed by atoms with Crippen LogP contribution in [0.3, 0.4) is 0 Å². The van der Waals surface area contributed by atoms with E-state index >= 15 is 0 Å². The van der Waals surface area contributed by atoms with Crippen LogP contribution in [-0.4, -0.2) is 83.5 Å². The molecule has 0 saturated carbocycles. The molecule has 1 aliphatic heterocycles. The van der Waals surface area contributed by atoms with Crippen molar-refractivity contribution in [2.75, 3.05) is 13.2 Å². The molecule has 30 heavy (non-hydrogen) atoms. The van der Waals surface area contributed by atoms with Crippen LogP contribution < -0.4 is 0 Å². The zero-order valence-electron chi connectivity index (χ0n) is 20.4. The van der Waals surface area contributed by atoms with Gasteiger partial charge in [-0.1, -0.05) is 20.8 Å². The van der Waals surface area contributed by atoms with Gasteiger partial charge in [0.2, 0.25) is 0 Å². The number of aliphatic hydroxyl groups is 3. The highest BCUT2D eigenvalue weighted by molar-refractivity contribution is 6.74. The van der Waals surface area contributed by atoms with E-state index in [1.807, 2.05) is 0 Å². The van der Waals surface area contributed by atoms with Crippen molar-refractivity contribution >= 4 is 14.4 Å². The van der Waals surface area contributed by atoms with Crippen LogP contribution in [0.2, 0.25) is 18.1 Å². The summed E-state index contributed by atoms with van der Waals surface area (Å²) in [6.45, 7) is 19.6. The van der Waals surface area contributed by atoms with Gasteiger partial charge < -0.3 is 29.2 Å². The Morgan fingerprint density at radius 3 is 2.17 bits per heavy atom. The second kappa shape index (κ2) is 9.42. The quantitative estimate of drug-likeness (QED) is 0.513. The smallest absolute Gasteiger partial charge is 0.412 e. The summed E-state index contributed by atoms with van der Waals surface area (Å²) in [4.78, 5) is 14.0. The minimum absolute atomic E-state index is 0.0255. The first-order valence-electron chi connectivity index (χ1n) is 10.6. The Hall–Kier alpha value is -0.713. The van der Waals surface area contributed by atoms with E-state index in [1.165, 1.54) is 4.90 Å². The van der Waals surface area contributed by atoms with Gasteiger partial charge in [-0.25, -0.2) is 4.79 Å². The van der Waals surface area contributed by atoms with Gasteiger partial charge in [-0.3, -0.25) is 4.90 Å². The summed E-state index contributed by atoms with van der Waals surface area (Å²) in [5.41, 5.74) is -1.73. The Balaban J connectivity index is 2.79. The molecule has 1 rings (SSSR count). The van der Waals surface area contributed by atoms with Crippen molar-refractivity contribution in [2.45, 2.75) is 116 Å². The molecule has 0 unspecified atom stereocenters. The summed E-state index contributed by atoms with van der Waals surface area (Å²) in [5, 5.41) is 31.8. The number of aliphatic hydroxyl groups excluding tert-OH is 3. The van der Waals surface area contributed by atoms with E-state index in [2.05, 4.69) is 33.9 Å². The lowest BCUT2D eigenvalue weighted by Crippen LogP contribution is -2.57. The fraction of sp³-hybridized carbons (Fsp3) is 0.952. The van der Waals surface area contributed by atoms with E-state index in [-0.39, 0.29) is 24.7 Å². The fourth-order valence-corrected chi connectivity index (χ4v) is 4.09. The highest BCUT2D eigenvalue weighted by atomic mass is 28.4. The average Bonchev–Trinajstić information content (AvgIpc) is 2.85. The predicted octanol–water partition coefficient (Wildman–Crippen LogP) is 2.85. The number of ether oxygens (including phenoxy) is 2. The van der Waals surface area contributed by atoms with Crippen molar-refractivity contribution < 1.29 is 34.0 Å². The van der Waals surface area contributed by atoms with Crippen molar-refractivity contribution in [2.24, 2.45) is 0 Å². The molecule has 1 saturated heterocycles. The number of carbonyl (C=O) groups excluding carboxylic acids is 1. The molecular formula is C21H43NO7Si. The Morgan fingerprint density at radius 1 is 1.17 bits per heavy atom. The zero-order chi connectivity index (χ0) is 23.7. The first kappa shape index (κ1) is 27.3. The number of carbonyl (C=O) groups is 1. The highest BCUT2D eigenvalue weighted by Gasteiger charge is 2.50. The summed E-state index contributed by atoms with van der Waals surface area (Å²) < 4.78 is 17.2. The van der Waals surface area contributed by atoms with Crippen LogP contribution in [0.5, 0.6) is 0 Å². The third kappa shape index (κ3) is 6.90. The molecule has 0 bridgehead atoms. The maximum absolute atomic E-state index is 12.7. The van der Waals surface area contributed by atoms with Gasteiger partial charge in [0, 0.05) is 6.61 Å². The molecular weight excluding hydrogens is 406 g/mol. The third-order valence-electron chi connectivity index (χ3n) is 5.93. The Morgan fingerprint density at radius 2 is 1.70 bits per heavy atom. The van der Waals surface area contributed by atoms with E-state index in [0.29, 0.717) is 0 Å². The highest BCUT2D eigenvalue weighted by Crippen LogP contribution is 2.37. The molecule has 0 radical (unpaired) electrons. The monoisotopic (exact) mass is 449 g/mol. The summed E-state index contributed by atoms with van der Waals surface area (Å²) in [7, 11) is -1.97. The van der Waals surface area contributed by atoms with Gasteiger partial charge in [0.25, 0.3) is 0 Å². The van der Waals surface area contributed by atoms with Crippen LogP contribution in [0.1, 0.15) is 61.8 Å². The molecule has 1 heterocycles. The second-order valence-electron chi connectivity index (χ2n) is 11.1. The molecule has 0 spiro atoms. The number of nitrogens with zero attached hydrogens (tertiary/aromatic N) is 1. The third-order valence-corrected chi connectivity index (χ3v) is 10.5. The molecule has 0 aliphatic carbocycles. The van der Waals surface area contributed by atoms with Crippen LogP contribution in [0.25, 0.3) is 0 Å². The zero-order valence-corrected chi connectivity index (χ0v) is 21.4. The lowest BCUT2D eigenvalue weighted by molar-refractivity contribution is -0.1000. The number of rotatable bonds is 7. The normalized spacial score (nSPS) is 23.2. The van der Waals surface area contributed by atoms with E-state index in [4.69, 9.17) is 13.9 Å². The van der Waals surface area contributed by atoms with Crippen LogP contribution >= 0.6 is 0 Å². The molecule has 0 aromatic heterocycles. The van der Waals surface area contributed by atoms with Gasteiger partial charge in [-0.15, -0.1) is 0 Å². The second-order valence-corrected chi connectivity index (χ2v) is 15.9. The van der Waals surface area contributed by atoms with Crippen LogP contribution in [-0.2, 0) is 13.9 Å². The van der Waals surface area contributed by atoms with E-state index < -0.39 is 50.1 Å². The summed E-state index contributed by atoms with van der Waals surface area (Å²) >= 11 is 0. The molecule has 1 fully saturated rings. The Bertz CT molecular complexity index is 583. The van der Waals surface area contributed by atoms with Gasteiger partial charge in [0.05, 0.1) is 18.8 Å². The van der Waals surface area contributed by atoms with Crippen LogP contribution in [0, 0.1) is 0 Å². The lowest BCUT2D eigenvalue weighted by Gasteiger charge is -2.38. The molecule has 4 atom stereocenters. The van der Waals surface area contributed by atoms with E-state index in [1.54, 1.807) is 34.6 Å². The molecule has 0 aromatic rings. The topological polar surface area (TPSA) is 109 Å². The molecule has 0 aromatic carbocycles. The van der Waals surface area contributed by atoms with E-state index in [9.17, 15) is 20.1 Å². The van der Waals surface area contributed by atoms with Crippen molar-refractivity contribution in [3.63, 3.8) is 0 Å². The summed E-state index contributed by atoms with van der Waals surface area (Å²) in [6.07, 6.45) is -4.53. The largest absolute Gasteiger partial charge is 0.444 e. The van der Waals surface area contributed by atoms with E-state index in [0.717, 1.165) is 0 Å².